The van der Waals surface area contributed by atoms with Crippen molar-refractivity contribution >= 4 is 5.91 Å². The molecule has 0 bridgehead atoms. The highest BCUT2D eigenvalue weighted by Gasteiger charge is 2.27. The van der Waals surface area contributed by atoms with Gasteiger partial charge in [-0.25, -0.2) is 0 Å². The predicted molar refractivity (Wildman–Crippen MR) is 68.6 cm³/mol. The van der Waals surface area contributed by atoms with Gasteiger partial charge in [0.25, 0.3) is 0 Å². The molecule has 1 amide bonds. The van der Waals surface area contributed by atoms with Crippen LogP contribution in [0.5, 0.6) is 0 Å². The molecule has 17 heavy (non-hydrogen) atoms. The number of amides is 1. The summed E-state index contributed by atoms with van der Waals surface area (Å²) in [6.45, 7) is 6.58. The Morgan fingerprint density at radius 1 is 1.53 bits per heavy atom. The van der Waals surface area contributed by atoms with Crippen LogP contribution < -0.4 is 5.73 Å². The lowest BCUT2D eigenvalue weighted by atomic mass is 9.97. The van der Waals surface area contributed by atoms with E-state index in [2.05, 4.69) is 13.8 Å². The molecule has 1 aliphatic heterocycles. The summed E-state index contributed by atoms with van der Waals surface area (Å²) in [7, 11) is 1.71. The van der Waals surface area contributed by atoms with E-state index in [9.17, 15) is 4.79 Å². The lowest BCUT2D eigenvalue weighted by Crippen LogP contribution is -2.49. The van der Waals surface area contributed by atoms with E-state index in [1.807, 2.05) is 4.90 Å². The molecule has 1 heterocycles. The summed E-state index contributed by atoms with van der Waals surface area (Å²) in [6.07, 6.45) is 2.98. The molecule has 1 rings (SSSR count). The zero-order valence-electron chi connectivity index (χ0n) is 11.3. The summed E-state index contributed by atoms with van der Waals surface area (Å²) in [6, 6.07) is -0.337. The van der Waals surface area contributed by atoms with Crippen molar-refractivity contribution in [1.82, 2.24) is 4.90 Å². The standard InChI is InChI=1S/C13H26N2O2/c1-10(2)7-12(14)13(16)15-6-4-5-11(8-15)9-17-3/h10-12H,4-9,14H2,1-3H3. The lowest BCUT2D eigenvalue weighted by molar-refractivity contribution is -0.135. The van der Waals surface area contributed by atoms with E-state index in [1.165, 1.54) is 0 Å². The molecule has 2 unspecified atom stereocenters. The zero-order valence-corrected chi connectivity index (χ0v) is 11.3. The summed E-state index contributed by atoms with van der Waals surface area (Å²) in [5.41, 5.74) is 5.95. The Kier molecular flexibility index (Phi) is 5.92. The second-order valence-electron chi connectivity index (χ2n) is 5.48. The van der Waals surface area contributed by atoms with Gasteiger partial charge in [0, 0.05) is 20.2 Å². The molecule has 100 valence electrons. The lowest BCUT2D eigenvalue weighted by Gasteiger charge is -2.34. The number of nitrogens with zero attached hydrogens (tertiary/aromatic N) is 1. The fraction of sp³-hybridized carbons (Fsp3) is 0.923. The maximum absolute atomic E-state index is 12.1. The van der Waals surface area contributed by atoms with Crippen molar-refractivity contribution in [1.29, 1.82) is 0 Å². The molecule has 2 atom stereocenters. The van der Waals surface area contributed by atoms with Crippen LogP contribution in [0, 0.1) is 11.8 Å². The molecule has 0 aromatic rings. The maximum Gasteiger partial charge on any atom is 0.239 e. The van der Waals surface area contributed by atoms with Crippen LogP contribution in [0.1, 0.15) is 33.1 Å². The van der Waals surface area contributed by atoms with E-state index >= 15 is 0 Å². The van der Waals surface area contributed by atoms with Gasteiger partial charge in [-0.3, -0.25) is 4.79 Å². The first-order valence-corrected chi connectivity index (χ1v) is 6.58. The van der Waals surface area contributed by atoms with Crippen molar-refractivity contribution in [2.75, 3.05) is 26.8 Å². The summed E-state index contributed by atoms with van der Waals surface area (Å²) in [5.74, 6) is 1.05. The summed E-state index contributed by atoms with van der Waals surface area (Å²) < 4.78 is 5.17. The van der Waals surface area contributed by atoms with Gasteiger partial charge in [0.2, 0.25) is 5.91 Å². The number of hydrogen-bond donors (Lipinski definition) is 1. The fourth-order valence-corrected chi connectivity index (χ4v) is 2.48. The van der Waals surface area contributed by atoms with Crippen molar-refractivity contribution in [3.63, 3.8) is 0 Å². The fourth-order valence-electron chi connectivity index (χ4n) is 2.48. The number of hydrogen-bond acceptors (Lipinski definition) is 3. The van der Waals surface area contributed by atoms with Crippen molar-refractivity contribution in [2.45, 2.75) is 39.2 Å². The Morgan fingerprint density at radius 2 is 2.24 bits per heavy atom. The predicted octanol–water partition coefficient (Wildman–Crippen LogP) is 1.24. The molecule has 0 spiro atoms. The van der Waals surface area contributed by atoms with Crippen molar-refractivity contribution < 1.29 is 9.53 Å². The summed E-state index contributed by atoms with van der Waals surface area (Å²) >= 11 is 0. The topological polar surface area (TPSA) is 55.6 Å². The monoisotopic (exact) mass is 242 g/mol. The third-order valence-corrected chi connectivity index (χ3v) is 3.28. The van der Waals surface area contributed by atoms with Gasteiger partial charge >= 0.3 is 0 Å². The highest BCUT2D eigenvalue weighted by Crippen LogP contribution is 2.18. The zero-order chi connectivity index (χ0) is 12.8. The van der Waals surface area contributed by atoms with Gasteiger partial charge in [-0.05, 0) is 31.1 Å². The van der Waals surface area contributed by atoms with Crippen LogP contribution in [-0.2, 0) is 9.53 Å². The first-order chi connectivity index (χ1) is 8.04. The molecule has 0 radical (unpaired) electrons. The highest BCUT2D eigenvalue weighted by molar-refractivity contribution is 5.81. The molecule has 1 aliphatic rings. The smallest absolute Gasteiger partial charge is 0.239 e. The van der Waals surface area contributed by atoms with Crippen LogP contribution >= 0.6 is 0 Å². The Hall–Kier alpha value is -0.610. The number of carbonyl (C=O) groups excluding carboxylic acids is 1. The van der Waals surface area contributed by atoms with Crippen molar-refractivity contribution in [3.05, 3.63) is 0 Å². The van der Waals surface area contributed by atoms with E-state index in [4.69, 9.17) is 10.5 Å². The third-order valence-electron chi connectivity index (χ3n) is 3.28. The molecule has 2 N–H and O–H groups in total. The van der Waals surface area contributed by atoms with Crippen LogP contribution in [0.3, 0.4) is 0 Å². The average molecular weight is 242 g/mol. The van der Waals surface area contributed by atoms with Gasteiger partial charge in [0.05, 0.1) is 12.6 Å². The largest absolute Gasteiger partial charge is 0.384 e. The summed E-state index contributed by atoms with van der Waals surface area (Å²) in [5, 5.41) is 0. The second-order valence-corrected chi connectivity index (χ2v) is 5.48. The highest BCUT2D eigenvalue weighted by atomic mass is 16.5. The summed E-state index contributed by atoms with van der Waals surface area (Å²) in [4.78, 5) is 14.1. The van der Waals surface area contributed by atoms with Gasteiger partial charge in [0.15, 0.2) is 0 Å². The van der Waals surface area contributed by atoms with Crippen molar-refractivity contribution in [3.8, 4) is 0 Å². The molecular weight excluding hydrogens is 216 g/mol. The molecule has 0 aromatic heterocycles. The molecule has 4 nitrogen and oxygen atoms in total. The number of methoxy groups -OCH3 is 1. The molecule has 0 aliphatic carbocycles. The molecule has 1 fully saturated rings. The first-order valence-electron chi connectivity index (χ1n) is 6.58. The van der Waals surface area contributed by atoms with Gasteiger partial charge in [0.1, 0.15) is 0 Å². The average Bonchev–Trinajstić information content (AvgIpc) is 2.28. The maximum atomic E-state index is 12.1. The number of piperidine rings is 1. The minimum atomic E-state index is -0.337. The number of carbonyl (C=O) groups is 1. The van der Waals surface area contributed by atoms with E-state index in [0.29, 0.717) is 11.8 Å². The quantitative estimate of drug-likeness (QED) is 0.789. The van der Waals surface area contributed by atoms with Crippen LogP contribution in [-0.4, -0.2) is 43.7 Å². The second kappa shape index (κ2) is 6.97. The molecular formula is C13H26N2O2. The SMILES string of the molecule is COCC1CCCN(C(=O)C(N)CC(C)C)C1. The minimum Gasteiger partial charge on any atom is -0.384 e. The number of likely N-dealkylation sites (tertiary alicyclic amines) is 1. The van der Waals surface area contributed by atoms with Crippen LogP contribution in [0.25, 0.3) is 0 Å². The molecule has 4 heteroatoms. The normalized spacial score (nSPS) is 22.9. The van der Waals surface area contributed by atoms with E-state index in [-0.39, 0.29) is 11.9 Å². The Balaban J connectivity index is 2.45. The molecule has 1 saturated heterocycles. The van der Waals surface area contributed by atoms with Gasteiger partial charge in [-0.1, -0.05) is 13.8 Å². The number of nitrogens with two attached hydrogens (primary N) is 1. The van der Waals surface area contributed by atoms with Crippen LogP contribution in [0.4, 0.5) is 0 Å². The van der Waals surface area contributed by atoms with E-state index in [0.717, 1.165) is 39.0 Å². The number of rotatable bonds is 5. The van der Waals surface area contributed by atoms with Crippen LogP contribution in [0.2, 0.25) is 0 Å². The van der Waals surface area contributed by atoms with Gasteiger partial charge in [-0.15, -0.1) is 0 Å². The number of ether oxygens (including phenoxy) is 1. The van der Waals surface area contributed by atoms with Crippen LogP contribution in [0.15, 0.2) is 0 Å². The Bertz CT molecular complexity index is 242. The van der Waals surface area contributed by atoms with E-state index < -0.39 is 0 Å². The Labute approximate surface area is 104 Å². The minimum absolute atomic E-state index is 0.111. The van der Waals surface area contributed by atoms with Gasteiger partial charge in [-0.2, -0.15) is 0 Å². The van der Waals surface area contributed by atoms with Crippen molar-refractivity contribution in [2.24, 2.45) is 17.6 Å². The molecule has 0 aromatic carbocycles. The third kappa shape index (κ3) is 4.64. The first kappa shape index (κ1) is 14.5. The van der Waals surface area contributed by atoms with E-state index in [1.54, 1.807) is 7.11 Å². The molecule has 0 saturated carbocycles. The van der Waals surface area contributed by atoms with Gasteiger partial charge < -0.3 is 15.4 Å². The Morgan fingerprint density at radius 3 is 2.82 bits per heavy atom.